The Labute approximate surface area is 147 Å². The number of benzene rings is 2. The summed E-state index contributed by atoms with van der Waals surface area (Å²) in [5.74, 6) is -0.825. The first-order chi connectivity index (χ1) is 11.2. The zero-order chi connectivity index (χ0) is 16.3. The van der Waals surface area contributed by atoms with Gasteiger partial charge >= 0.3 is 11.9 Å². The van der Waals surface area contributed by atoms with E-state index in [4.69, 9.17) is 9.47 Å². The van der Waals surface area contributed by atoms with Crippen LogP contribution in [-0.4, -0.2) is 25.0 Å². The van der Waals surface area contributed by atoms with E-state index in [-0.39, 0.29) is 38.7 Å². The van der Waals surface area contributed by atoms with Crippen LogP contribution in [0.25, 0.3) is 0 Å². The molecular weight excluding hydrogens is 330 g/mol. The summed E-state index contributed by atoms with van der Waals surface area (Å²) in [4.78, 5) is 23.1. The maximum Gasteiger partial charge on any atom is 0.320 e. The van der Waals surface area contributed by atoms with Crippen LogP contribution >= 0.6 is 12.4 Å². The first-order valence-electron chi connectivity index (χ1n) is 7.34. The molecule has 0 atom stereocenters. The molecule has 128 valence electrons. The minimum Gasteiger partial charge on any atom is -0.460 e. The Bertz CT molecular complexity index is 564. The van der Waals surface area contributed by atoms with Gasteiger partial charge in [0.05, 0.1) is 13.1 Å². The van der Waals surface area contributed by atoms with Crippen molar-refractivity contribution in [1.82, 2.24) is 5.32 Å². The van der Waals surface area contributed by atoms with Crippen LogP contribution in [-0.2, 0) is 32.3 Å². The third-order valence-corrected chi connectivity index (χ3v) is 3.02. The molecule has 0 saturated heterocycles. The van der Waals surface area contributed by atoms with Crippen LogP contribution in [0.2, 0.25) is 0 Å². The lowest BCUT2D eigenvalue weighted by atomic mass is 10.2. The van der Waals surface area contributed by atoms with Crippen LogP contribution in [0.4, 0.5) is 0 Å². The molecule has 2 aromatic rings. The summed E-state index contributed by atoms with van der Waals surface area (Å²) in [6.07, 6.45) is 0. The summed E-state index contributed by atoms with van der Waals surface area (Å²) in [5, 5.41) is 2.71. The molecule has 0 unspecified atom stereocenters. The Kier molecular flexibility index (Phi) is 9.19. The monoisotopic (exact) mass is 349 g/mol. The van der Waals surface area contributed by atoms with Gasteiger partial charge in [-0.3, -0.25) is 14.9 Å². The smallest absolute Gasteiger partial charge is 0.320 e. The number of ether oxygens (including phenoxy) is 2. The highest BCUT2D eigenvalue weighted by atomic mass is 35.5. The highest BCUT2D eigenvalue weighted by Gasteiger charge is 2.06. The van der Waals surface area contributed by atoms with Crippen molar-refractivity contribution in [1.29, 1.82) is 0 Å². The predicted octanol–water partition coefficient (Wildman–Crippen LogP) is 2.48. The molecule has 0 saturated carbocycles. The Hall–Kier alpha value is -2.37. The zero-order valence-electron chi connectivity index (χ0n) is 13.1. The molecule has 2 aromatic carbocycles. The van der Waals surface area contributed by atoms with Gasteiger partial charge in [-0.1, -0.05) is 60.7 Å². The van der Waals surface area contributed by atoms with E-state index < -0.39 is 11.9 Å². The van der Waals surface area contributed by atoms with Gasteiger partial charge < -0.3 is 9.47 Å². The first kappa shape index (κ1) is 19.7. The standard InChI is InChI=1S/C18H19NO4.ClH/c20-17(22-13-15-7-3-1-4-8-15)11-19-12-18(21)23-14-16-9-5-2-6-10-16;/h1-10,19H,11-14H2;1H. The molecule has 24 heavy (non-hydrogen) atoms. The van der Waals surface area contributed by atoms with Crippen molar-refractivity contribution < 1.29 is 19.1 Å². The number of esters is 2. The van der Waals surface area contributed by atoms with Crippen molar-refractivity contribution in [3.63, 3.8) is 0 Å². The van der Waals surface area contributed by atoms with Crippen molar-refractivity contribution in [2.75, 3.05) is 13.1 Å². The van der Waals surface area contributed by atoms with Crippen molar-refractivity contribution in [2.24, 2.45) is 0 Å². The molecule has 5 nitrogen and oxygen atoms in total. The van der Waals surface area contributed by atoms with Gasteiger partial charge in [0.2, 0.25) is 0 Å². The largest absolute Gasteiger partial charge is 0.460 e. The predicted molar refractivity (Wildman–Crippen MR) is 92.6 cm³/mol. The van der Waals surface area contributed by atoms with E-state index in [1.165, 1.54) is 0 Å². The van der Waals surface area contributed by atoms with Crippen molar-refractivity contribution in [3.05, 3.63) is 71.8 Å². The van der Waals surface area contributed by atoms with E-state index in [2.05, 4.69) is 5.32 Å². The molecule has 0 amide bonds. The molecular formula is C18H20ClNO4. The summed E-state index contributed by atoms with van der Waals surface area (Å²) in [5.41, 5.74) is 1.84. The van der Waals surface area contributed by atoms with Gasteiger partial charge in [-0.15, -0.1) is 12.4 Å². The molecule has 0 radical (unpaired) electrons. The number of nitrogens with one attached hydrogen (secondary N) is 1. The molecule has 2 rings (SSSR count). The Morgan fingerprint density at radius 1 is 0.708 bits per heavy atom. The third kappa shape index (κ3) is 7.76. The van der Waals surface area contributed by atoms with Gasteiger partial charge in [-0.05, 0) is 11.1 Å². The normalized spacial score (nSPS) is 9.67. The van der Waals surface area contributed by atoms with Gasteiger partial charge in [0.15, 0.2) is 0 Å². The SMILES string of the molecule is Cl.O=C(CNCC(=O)OCc1ccccc1)OCc1ccccc1. The van der Waals surface area contributed by atoms with Crippen LogP contribution in [0.1, 0.15) is 11.1 Å². The van der Waals surface area contributed by atoms with Gasteiger partial charge in [0, 0.05) is 0 Å². The number of rotatable bonds is 8. The molecule has 1 N–H and O–H groups in total. The van der Waals surface area contributed by atoms with Crippen molar-refractivity contribution in [2.45, 2.75) is 13.2 Å². The highest BCUT2D eigenvalue weighted by molar-refractivity contribution is 5.85. The molecule has 0 heterocycles. The fourth-order valence-electron chi connectivity index (χ4n) is 1.84. The summed E-state index contributed by atoms with van der Waals surface area (Å²) < 4.78 is 10.2. The van der Waals surface area contributed by atoms with E-state index >= 15 is 0 Å². The summed E-state index contributed by atoms with van der Waals surface area (Å²) >= 11 is 0. The van der Waals surface area contributed by atoms with Crippen LogP contribution in [0.5, 0.6) is 0 Å². The maximum atomic E-state index is 11.5. The van der Waals surface area contributed by atoms with Crippen molar-refractivity contribution in [3.8, 4) is 0 Å². The molecule has 0 aliphatic heterocycles. The quantitative estimate of drug-likeness (QED) is 0.742. The second kappa shape index (κ2) is 11.2. The molecule has 0 aliphatic rings. The number of hydrogen-bond donors (Lipinski definition) is 1. The fourth-order valence-corrected chi connectivity index (χ4v) is 1.84. The minimum atomic E-state index is -0.412. The van der Waals surface area contributed by atoms with E-state index in [0.29, 0.717) is 0 Å². The van der Waals surface area contributed by atoms with Gasteiger partial charge in [-0.25, -0.2) is 0 Å². The van der Waals surface area contributed by atoms with E-state index in [1.807, 2.05) is 60.7 Å². The summed E-state index contributed by atoms with van der Waals surface area (Å²) in [7, 11) is 0. The van der Waals surface area contributed by atoms with Crippen LogP contribution in [0, 0.1) is 0 Å². The average Bonchev–Trinajstić information content (AvgIpc) is 2.60. The first-order valence-corrected chi connectivity index (χ1v) is 7.34. The number of hydrogen-bond acceptors (Lipinski definition) is 5. The highest BCUT2D eigenvalue weighted by Crippen LogP contribution is 2.01. The maximum absolute atomic E-state index is 11.5. The van der Waals surface area contributed by atoms with Gasteiger partial charge in [0.1, 0.15) is 13.2 Å². The van der Waals surface area contributed by atoms with E-state index in [0.717, 1.165) is 11.1 Å². The molecule has 0 aliphatic carbocycles. The second-order valence-electron chi connectivity index (χ2n) is 4.90. The lowest BCUT2D eigenvalue weighted by molar-refractivity contribution is -0.145. The van der Waals surface area contributed by atoms with E-state index in [9.17, 15) is 9.59 Å². The van der Waals surface area contributed by atoms with E-state index in [1.54, 1.807) is 0 Å². The van der Waals surface area contributed by atoms with Crippen LogP contribution < -0.4 is 5.32 Å². The lowest BCUT2D eigenvalue weighted by Crippen LogP contribution is -2.30. The minimum absolute atomic E-state index is 0. The Morgan fingerprint density at radius 3 is 1.46 bits per heavy atom. The number of carbonyl (C=O) groups is 2. The Morgan fingerprint density at radius 2 is 1.08 bits per heavy atom. The fraction of sp³-hybridized carbons (Fsp3) is 0.222. The third-order valence-electron chi connectivity index (χ3n) is 3.02. The van der Waals surface area contributed by atoms with Crippen LogP contribution in [0.3, 0.4) is 0 Å². The van der Waals surface area contributed by atoms with Gasteiger partial charge in [0.25, 0.3) is 0 Å². The molecule has 6 heteroatoms. The second-order valence-corrected chi connectivity index (χ2v) is 4.90. The van der Waals surface area contributed by atoms with Crippen LogP contribution in [0.15, 0.2) is 60.7 Å². The summed E-state index contributed by atoms with van der Waals surface area (Å²) in [6.45, 7) is 0.375. The Balaban J connectivity index is 0.00000288. The average molecular weight is 350 g/mol. The number of carbonyl (C=O) groups excluding carboxylic acids is 2. The lowest BCUT2D eigenvalue weighted by Gasteiger charge is -2.07. The zero-order valence-corrected chi connectivity index (χ0v) is 14.0. The molecule has 0 spiro atoms. The number of halogens is 1. The molecule has 0 aromatic heterocycles. The molecule has 0 bridgehead atoms. The van der Waals surface area contributed by atoms with Crippen molar-refractivity contribution >= 4 is 24.3 Å². The topological polar surface area (TPSA) is 64.6 Å². The molecule has 0 fully saturated rings. The van der Waals surface area contributed by atoms with Gasteiger partial charge in [-0.2, -0.15) is 0 Å². The summed E-state index contributed by atoms with van der Waals surface area (Å²) in [6, 6.07) is 18.8.